The molecule has 142 valence electrons. The van der Waals surface area contributed by atoms with E-state index in [-0.39, 0.29) is 5.41 Å². The van der Waals surface area contributed by atoms with Crippen molar-refractivity contribution in [3.63, 3.8) is 0 Å². The topological polar surface area (TPSA) is 12.0 Å². The van der Waals surface area contributed by atoms with E-state index >= 15 is 0 Å². The molecule has 0 bridgehead atoms. The second kappa shape index (κ2) is 6.63. The van der Waals surface area contributed by atoms with Crippen LogP contribution in [0.5, 0.6) is 0 Å². The van der Waals surface area contributed by atoms with E-state index in [4.69, 9.17) is 0 Å². The summed E-state index contributed by atoms with van der Waals surface area (Å²) in [7, 11) is 0. The fourth-order valence-corrected chi connectivity index (χ4v) is 4.64. The van der Waals surface area contributed by atoms with E-state index in [9.17, 15) is 0 Å². The highest BCUT2D eigenvalue weighted by Gasteiger charge is 2.36. The zero-order valence-electron chi connectivity index (χ0n) is 17.2. The molecule has 1 aliphatic carbocycles. The van der Waals surface area contributed by atoms with Crippen molar-refractivity contribution in [3.8, 4) is 22.3 Å². The zero-order valence-corrected chi connectivity index (χ0v) is 17.2. The van der Waals surface area contributed by atoms with Gasteiger partial charge in [-0.1, -0.05) is 86.6 Å². The van der Waals surface area contributed by atoms with Crippen LogP contribution in [-0.2, 0) is 5.41 Å². The standard InChI is InChI=1S/C28H25N/c1-19-9-4-5-10-22(19)20-15-17-21(18-16-20)29-26-14-8-13-25-27(26)23-11-6-7-12-24(23)28(25,2)3/h4-18,29H,1-3H3. The van der Waals surface area contributed by atoms with Crippen molar-refractivity contribution in [2.75, 3.05) is 5.32 Å². The van der Waals surface area contributed by atoms with Gasteiger partial charge in [-0.3, -0.25) is 0 Å². The van der Waals surface area contributed by atoms with Crippen LogP contribution in [0, 0.1) is 6.92 Å². The molecular formula is C28H25N. The first-order valence-electron chi connectivity index (χ1n) is 10.2. The van der Waals surface area contributed by atoms with Crippen LogP contribution < -0.4 is 5.32 Å². The van der Waals surface area contributed by atoms with Gasteiger partial charge in [0.05, 0.1) is 0 Å². The normalized spacial score (nSPS) is 13.6. The molecule has 1 nitrogen and oxygen atoms in total. The maximum atomic E-state index is 3.68. The van der Waals surface area contributed by atoms with E-state index in [1.807, 2.05) is 0 Å². The molecule has 0 heterocycles. The Morgan fingerprint density at radius 3 is 2.03 bits per heavy atom. The molecule has 29 heavy (non-hydrogen) atoms. The van der Waals surface area contributed by atoms with Crippen LogP contribution in [-0.4, -0.2) is 0 Å². The summed E-state index contributed by atoms with van der Waals surface area (Å²) in [6.45, 7) is 6.80. The number of benzene rings is 4. The Morgan fingerprint density at radius 2 is 1.28 bits per heavy atom. The van der Waals surface area contributed by atoms with E-state index in [1.54, 1.807) is 0 Å². The van der Waals surface area contributed by atoms with E-state index < -0.39 is 0 Å². The summed E-state index contributed by atoms with van der Waals surface area (Å²) in [4.78, 5) is 0. The minimum Gasteiger partial charge on any atom is -0.355 e. The number of nitrogens with one attached hydrogen (secondary N) is 1. The third kappa shape index (κ3) is 2.86. The van der Waals surface area contributed by atoms with E-state index in [0.29, 0.717) is 0 Å². The number of fused-ring (bicyclic) bond motifs is 3. The Kier molecular flexibility index (Phi) is 4.06. The fourth-order valence-electron chi connectivity index (χ4n) is 4.64. The lowest BCUT2D eigenvalue weighted by Gasteiger charge is -2.21. The summed E-state index contributed by atoms with van der Waals surface area (Å²) in [6.07, 6.45) is 0. The van der Waals surface area contributed by atoms with E-state index in [1.165, 1.54) is 44.6 Å². The first kappa shape index (κ1) is 17.8. The van der Waals surface area contributed by atoms with Crippen LogP contribution in [0.1, 0.15) is 30.5 Å². The lowest BCUT2D eigenvalue weighted by molar-refractivity contribution is 0.660. The molecule has 0 amide bonds. The van der Waals surface area contributed by atoms with E-state index in [0.717, 1.165) is 5.69 Å². The second-order valence-electron chi connectivity index (χ2n) is 8.42. The maximum absolute atomic E-state index is 3.68. The van der Waals surface area contributed by atoms with Crippen LogP contribution >= 0.6 is 0 Å². The molecule has 0 aliphatic heterocycles. The SMILES string of the molecule is Cc1ccccc1-c1ccc(Nc2cccc3c2-c2ccccc2C3(C)C)cc1. The molecule has 4 aromatic rings. The van der Waals surface area contributed by atoms with Crippen LogP contribution in [0.4, 0.5) is 11.4 Å². The average molecular weight is 376 g/mol. The molecular weight excluding hydrogens is 350 g/mol. The number of hydrogen-bond acceptors (Lipinski definition) is 1. The molecule has 5 rings (SSSR count). The molecule has 0 spiro atoms. The number of rotatable bonds is 3. The second-order valence-corrected chi connectivity index (χ2v) is 8.42. The highest BCUT2D eigenvalue weighted by Crippen LogP contribution is 2.51. The number of anilines is 2. The van der Waals surface area contributed by atoms with Gasteiger partial charge < -0.3 is 5.32 Å². The van der Waals surface area contributed by atoms with Crippen molar-refractivity contribution in [3.05, 3.63) is 108 Å². The summed E-state index contributed by atoms with van der Waals surface area (Å²) < 4.78 is 0. The lowest BCUT2D eigenvalue weighted by atomic mass is 9.82. The maximum Gasteiger partial charge on any atom is 0.0467 e. The van der Waals surface area contributed by atoms with Gasteiger partial charge in [0.25, 0.3) is 0 Å². The van der Waals surface area contributed by atoms with Crippen molar-refractivity contribution in [2.45, 2.75) is 26.2 Å². The molecule has 0 saturated carbocycles. The molecule has 0 saturated heterocycles. The lowest BCUT2D eigenvalue weighted by Crippen LogP contribution is -2.14. The molecule has 4 aromatic carbocycles. The van der Waals surface area contributed by atoms with Gasteiger partial charge in [0, 0.05) is 22.4 Å². The highest BCUT2D eigenvalue weighted by molar-refractivity contribution is 5.91. The fraction of sp³-hybridized carbons (Fsp3) is 0.143. The quantitative estimate of drug-likeness (QED) is 0.386. The smallest absolute Gasteiger partial charge is 0.0467 e. The number of hydrogen-bond donors (Lipinski definition) is 1. The highest BCUT2D eigenvalue weighted by atomic mass is 14.9. The van der Waals surface area contributed by atoms with E-state index in [2.05, 4.69) is 117 Å². The van der Waals surface area contributed by atoms with Crippen molar-refractivity contribution in [1.82, 2.24) is 0 Å². The predicted molar refractivity (Wildman–Crippen MR) is 124 cm³/mol. The van der Waals surface area contributed by atoms with Crippen LogP contribution in [0.25, 0.3) is 22.3 Å². The first-order chi connectivity index (χ1) is 14.1. The minimum atomic E-state index is 0.0261. The zero-order chi connectivity index (χ0) is 20.0. The average Bonchev–Trinajstić information content (AvgIpc) is 2.98. The van der Waals surface area contributed by atoms with Gasteiger partial charge in [-0.15, -0.1) is 0 Å². The van der Waals surface area contributed by atoms with Crippen molar-refractivity contribution in [2.24, 2.45) is 0 Å². The third-order valence-electron chi connectivity index (χ3n) is 6.23. The summed E-state index contributed by atoms with van der Waals surface area (Å²) in [5, 5.41) is 3.68. The van der Waals surface area contributed by atoms with Gasteiger partial charge >= 0.3 is 0 Å². The summed E-state index contributed by atoms with van der Waals surface area (Å²) in [5.41, 5.74) is 11.6. The van der Waals surface area contributed by atoms with Gasteiger partial charge in [0.2, 0.25) is 0 Å². The molecule has 1 N–H and O–H groups in total. The van der Waals surface area contributed by atoms with Gasteiger partial charge in [-0.25, -0.2) is 0 Å². The monoisotopic (exact) mass is 375 g/mol. The van der Waals surface area contributed by atoms with Gasteiger partial charge in [0.15, 0.2) is 0 Å². The van der Waals surface area contributed by atoms with Crippen LogP contribution in [0.2, 0.25) is 0 Å². The summed E-state index contributed by atoms with van der Waals surface area (Å²) in [6, 6.07) is 32.7. The predicted octanol–water partition coefficient (Wildman–Crippen LogP) is 7.71. The summed E-state index contributed by atoms with van der Waals surface area (Å²) in [5.74, 6) is 0. The van der Waals surface area contributed by atoms with Crippen molar-refractivity contribution in [1.29, 1.82) is 0 Å². The largest absolute Gasteiger partial charge is 0.355 e. The molecule has 0 fully saturated rings. The molecule has 0 unspecified atom stereocenters. The molecule has 0 atom stereocenters. The van der Waals surface area contributed by atoms with Crippen molar-refractivity contribution >= 4 is 11.4 Å². The molecule has 0 radical (unpaired) electrons. The Hall–Kier alpha value is -3.32. The van der Waals surface area contributed by atoms with Gasteiger partial charge in [0.1, 0.15) is 0 Å². The summed E-state index contributed by atoms with van der Waals surface area (Å²) >= 11 is 0. The Labute approximate surface area is 173 Å². The Bertz CT molecular complexity index is 1200. The Balaban J connectivity index is 1.53. The van der Waals surface area contributed by atoms with Crippen LogP contribution in [0.3, 0.4) is 0 Å². The third-order valence-corrected chi connectivity index (χ3v) is 6.23. The van der Waals surface area contributed by atoms with Gasteiger partial charge in [-0.05, 0) is 58.5 Å². The molecule has 1 heteroatoms. The Morgan fingerprint density at radius 1 is 0.621 bits per heavy atom. The van der Waals surface area contributed by atoms with Crippen LogP contribution in [0.15, 0.2) is 91.0 Å². The molecule has 1 aliphatic rings. The first-order valence-corrected chi connectivity index (χ1v) is 10.2. The van der Waals surface area contributed by atoms with Crippen molar-refractivity contribution < 1.29 is 0 Å². The molecule has 0 aromatic heterocycles. The number of aryl methyl sites for hydroxylation is 1. The minimum absolute atomic E-state index is 0.0261. The van der Waals surface area contributed by atoms with Gasteiger partial charge in [-0.2, -0.15) is 0 Å².